The molecule has 1 atom stereocenters. The monoisotopic (exact) mass is 285 g/mol. The lowest BCUT2D eigenvalue weighted by Gasteiger charge is -2.20. The summed E-state index contributed by atoms with van der Waals surface area (Å²) >= 11 is 0. The average molecular weight is 285 g/mol. The molecule has 0 spiro atoms. The molecule has 1 heterocycles. The van der Waals surface area contributed by atoms with Crippen LogP contribution in [-0.4, -0.2) is 47.9 Å². The minimum absolute atomic E-state index is 0.0892. The Morgan fingerprint density at radius 2 is 2.05 bits per heavy atom. The Kier molecular flexibility index (Phi) is 5.95. The molecule has 0 saturated carbocycles. The van der Waals surface area contributed by atoms with Crippen LogP contribution in [0.1, 0.15) is 32.6 Å². The number of nitrogens with two attached hydrogens (primary N) is 1. The highest BCUT2D eigenvalue weighted by Crippen LogP contribution is 2.11. The summed E-state index contributed by atoms with van der Waals surface area (Å²) in [7, 11) is 0. The molecule has 0 aromatic carbocycles. The van der Waals surface area contributed by atoms with Gasteiger partial charge in [0, 0.05) is 13.0 Å². The predicted octanol–water partition coefficient (Wildman–Crippen LogP) is -0.484. The van der Waals surface area contributed by atoms with Crippen molar-refractivity contribution in [2.45, 2.75) is 38.7 Å². The Balaban J connectivity index is 2.43. The van der Waals surface area contributed by atoms with Crippen molar-refractivity contribution in [3.05, 3.63) is 0 Å². The SMILES string of the molecule is C[C@H](OC(=O)CN1CCCCCC1=O)C(=O)NC(N)=O. The van der Waals surface area contributed by atoms with Crippen LogP contribution >= 0.6 is 0 Å². The number of rotatable bonds is 4. The first kappa shape index (κ1) is 15.9. The summed E-state index contributed by atoms with van der Waals surface area (Å²) < 4.78 is 4.85. The van der Waals surface area contributed by atoms with E-state index in [1.807, 2.05) is 5.32 Å². The van der Waals surface area contributed by atoms with Gasteiger partial charge in [0.1, 0.15) is 6.54 Å². The quantitative estimate of drug-likeness (QED) is 0.676. The number of nitrogens with zero attached hydrogens (tertiary/aromatic N) is 1. The van der Waals surface area contributed by atoms with Gasteiger partial charge in [0.2, 0.25) is 5.91 Å². The van der Waals surface area contributed by atoms with Crippen molar-refractivity contribution in [3.8, 4) is 0 Å². The summed E-state index contributed by atoms with van der Waals surface area (Å²) in [6.07, 6.45) is 1.90. The smallest absolute Gasteiger partial charge is 0.326 e. The van der Waals surface area contributed by atoms with Gasteiger partial charge in [-0.2, -0.15) is 0 Å². The molecule has 1 saturated heterocycles. The van der Waals surface area contributed by atoms with E-state index in [9.17, 15) is 19.2 Å². The molecule has 8 heteroatoms. The van der Waals surface area contributed by atoms with Crippen molar-refractivity contribution < 1.29 is 23.9 Å². The number of carbonyl (C=O) groups is 4. The van der Waals surface area contributed by atoms with Crippen molar-refractivity contribution in [2.24, 2.45) is 5.73 Å². The third-order valence-corrected chi connectivity index (χ3v) is 2.92. The molecule has 0 radical (unpaired) electrons. The van der Waals surface area contributed by atoms with E-state index in [-0.39, 0.29) is 12.5 Å². The van der Waals surface area contributed by atoms with Crippen molar-refractivity contribution in [3.63, 3.8) is 0 Å². The molecule has 1 rings (SSSR count). The number of esters is 1. The summed E-state index contributed by atoms with van der Waals surface area (Å²) in [5, 5.41) is 1.81. The van der Waals surface area contributed by atoms with E-state index >= 15 is 0 Å². The standard InChI is InChI=1S/C12H19N3O5/c1-8(11(18)14-12(13)19)20-10(17)7-15-6-4-2-3-5-9(15)16/h8H,2-7H2,1H3,(H3,13,14,18,19)/t8-/m0/s1. The highest BCUT2D eigenvalue weighted by molar-refractivity contribution is 5.96. The zero-order chi connectivity index (χ0) is 15.1. The van der Waals surface area contributed by atoms with Crippen LogP contribution < -0.4 is 11.1 Å². The van der Waals surface area contributed by atoms with E-state index in [0.717, 1.165) is 19.3 Å². The zero-order valence-electron chi connectivity index (χ0n) is 11.4. The van der Waals surface area contributed by atoms with Crippen molar-refractivity contribution in [1.82, 2.24) is 10.2 Å². The normalized spacial score (nSPS) is 17.1. The molecule has 0 unspecified atom stereocenters. The molecule has 1 aliphatic rings. The molecule has 4 amide bonds. The first-order valence-corrected chi connectivity index (χ1v) is 6.47. The lowest BCUT2D eigenvalue weighted by molar-refractivity contribution is -0.157. The number of nitrogens with one attached hydrogen (secondary N) is 1. The number of amides is 4. The lowest BCUT2D eigenvalue weighted by atomic mass is 10.2. The summed E-state index contributed by atoms with van der Waals surface area (Å²) in [6.45, 7) is 1.64. The van der Waals surface area contributed by atoms with Crippen LogP contribution in [0.15, 0.2) is 0 Å². The van der Waals surface area contributed by atoms with E-state index in [1.54, 1.807) is 0 Å². The molecule has 20 heavy (non-hydrogen) atoms. The van der Waals surface area contributed by atoms with Gasteiger partial charge in [-0.25, -0.2) is 4.79 Å². The van der Waals surface area contributed by atoms with Gasteiger partial charge in [0.25, 0.3) is 5.91 Å². The highest BCUT2D eigenvalue weighted by Gasteiger charge is 2.23. The van der Waals surface area contributed by atoms with Crippen LogP contribution in [-0.2, 0) is 19.1 Å². The van der Waals surface area contributed by atoms with Gasteiger partial charge in [0.05, 0.1) is 0 Å². The zero-order valence-corrected chi connectivity index (χ0v) is 11.4. The highest BCUT2D eigenvalue weighted by atomic mass is 16.5. The van der Waals surface area contributed by atoms with Crippen molar-refractivity contribution in [2.75, 3.05) is 13.1 Å². The number of urea groups is 1. The summed E-state index contributed by atoms with van der Waals surface area (Å²) in [5.74, 6) is -1.57. The fourth-order valence-corrected chi connectivity index (χ4v) is 1.87. The maximum Gasteiger partial charge on any atom is 0.326 e. The molecular weight excluding hydrogens is 266 g/mol. The van der Waals surface area contributed by atoms with E-state index in [1.165, 1.54) is 11.8 Å². The number of carbonyl (C=O) groups excluding carboxylic acids is 4. The number of imide groups is 1. The molecule has 3 N–H and O–H groups in total. The predicted molar refractivity (Wildman–Crippen MR) is 68.3 cm³/mol. The molecule has 0 bridgehead atoms. The Bertz CT molecular complexity index is 410. The first-order valence-electron chi connectivity index (χ1n) is 6.47. The second-order valence-corrected chi connectivity index (χ2v) is 4.61. The Morgan fingerprint density at radius 1 is 1.35 bits per heavy atom. The molecule has 8 nitrogen and oxygen atoms in total. The fraction of sp³-hybridized carbons (Fsp3) is 0.667. The minimum atomic E-state index is -1.14. The van der Waals surface area contributed by atoms with Gasteiger partial charge in [-0.15, -0.1) is 0 Å². The Hall–Kier alpha value is -2.12. The molecule has 1 aliphatic heterocycles. The summed E-state index contributed by atoms with van der Waals surface area (Å²) in [4.78, 5) is 46.6. The number of likely N-dealkylation sites (tertiary alicyclic amines) is 1. The van der Waals surface area contributed by atoms with Crippen LogP contribution in [0.3, 0.4) is 0 Å². The van der Waals surface area contributed by atoms with E-state index in [4.69, 9.17) is 10.5 Å². The van der Waals surface area contributed by atoms with Crippen LogP contribution in [0.5, 0.6) is 0 Å². The van der Waals surface area contributed by atoms with Gasteiger partial charge in [-0.1, -0.05) is 6.42 Å². The number of hydrogen-bond donors (Lipinski definition) is 2. The Morgan fingerprint density at radius 3 is 2.70 bits per heavy atom. The van der Waals surface area contributed by atoms with E-state index in [0.29, 0.717) is 13.0 Å². The van der Waals surface area contributed by atoms with Gasteiger partial charge in [-0.05, 0) is 19.8 Å². The van der Waals surface area contributed by atoms with Crippen LogP contribution in [0.2, 0.25) is 0 Å². The molecule has 0 aliphatic carbocycles. The molecule has 0 aromatic heterocycles. The third kappa shape index (κ3) is 5.25. The van der Waals surface area contributed by atoms with Crippen molar-refractivity contribution >= 4 is 23.8 Å². The molecule has 0 aromatic rings. The summed E-state index contributed by atoms with van der Waals surface area (Å²) in [5.41, 5.74) is 4.78. The topological polar surface area (TPSA) is 119 Å². The molecule has 112 valence electrons. The maximum absolute atomic E-state index is 11.7. The maximum atomic E-state index is 11.7. The first-order chi connectivity index (χ1) is 9.40. The van der Waals surface area contributed by atoms with Gasteiger partial charge < -0.3 is 15.4 Å². The number of ether oxygens (including phenoxy) is 1. The molecule has 1 fully saturated rings. The third-order valence-electron chi connectivity index (χ3n) is 2.92. The van der Waals surface area contributed by atoms with Gasteiger partial charge in [0.15, 0.2) is 6.10 Å². The second kappa shape index (κ2) is 7.46. The Labute approximate surface area is 116 Å². The number of hydrogen-bond acceptors (Lipinski definition) is 5. The van der Waals surface area contributed by atoms with Gasteiger partial charge >= 0.3 is 12.0 Å². The second-order valence-electron chi connectivity index (χ2n) is 4.61. The minimum Gasteiger partial charge on any atom is -0.451 e. The van der Waals surface area contributed by atoms with Crippen LogP contribution in [0.25, 0.3) is 0 Å². The van der Waals surface area contributed by atoms with E-state index in [2.05, 4.69) is 0 Å². The summed E-state index contributed by atoms with van der Waals surface area (Å²) in [6, 6.07) is -1.01. The van der Waals surface area contributed by atoms with Gasteiger partial charge in [-0.3, -0.25) is 19.7 Å². The number of primary amides is 1. The lowest BCUT2D eigenvalue weighted by Crippen LogP contribution is -2.44. The fourth-order valence-electron chi connectivity index (χ4n) is 1.87. The van der Waals surface area contributed by atoms with Crippen LogP contribution in [0, 0.1) is 0 Å². The van der Waals surface area contributed by atoms with Crippen molar-refractivity contribution in [1.29, 1.82) is 0 Å². The van der Waals surface area contributed by atoms with Crippen LogP contribution in [0.4, 0.5) is 4.79 Å². The average Bonchev–Trinajstić information content (AvgIpc) is 2.54. The van der Waals surface area contributed by atoms with E-state index < -0.39 is 24.0 Å². The molecular formula is C12H19N3O5. The largest absolute Gasteiger partial charge is 0.451 e.